The van der Waals surface area contributed by atoms with Gasteiger partial charge in [-0.05, 0) is 31.0 Å². The first-order chi connectivity index (χ1) is 16.8. The van der Waals surface area contributed by atoms with E-state index < -0.39 is 24.2 Å². The highest BCUT2D eigenvalue weighted by atomic mass is 19.1. The summed E-state index contributed by atoms with van der Waals surface area (Å²) in [7, 11) is 3.14. The van der Waals surface area contributed by atoms with Crippen LogP contribution in [0.4, 0.5) is 30.5 Å². The zero-order valence-corrected chi connectivity index (χ0v) is 19.6. The third-order valence-corrected chi connectivity index (χ3v) is 5.92. The minimum absolute atomic E-state index is 0.0145. The Morgan fingerprint density at radius 1 is 1.26 bits per heavy atom. The lowest BCUT2D eigenvalue weighted by molar-refractivity contribution is 0.0827. The van der Waals surface area contributed by atoms with Crippen molar-refractivity contribution in [3.05, 3.63) is 53.4 Å². The molecule has 0 aliphatic carbocycles. The van der Waals surface area contributed by atoms with E-state index in [2.05, 4.69) is 25.4 Å². The molecule has 12 heteroatoms. The molecule has 9 nitrogen and oxygen atoms in total. The number of aromatic nitrogens is 4. The fourth-order valence-electron chi connectivity index (χ4n) is 3.82. The van der Waals surface area contributed by atoms with E-state index in [0.29, 0.717) is 37.6 Å². The molecule has 1 atom stereocenters. The molecule has 4 rings (SSSR count). The van der Waals surface area contributed by atoms with Crippen molar-refractivity contribution in [2.24, 2.45) is 0 Å². The van der Waals surface area contributed by atoms with Gasteiger partial charge in [0.15, 0.2) is 17.5 Å². The molecule has 3 heterocycles. The van der Waals surface area contributed by atoms with Gasteiger partial charge in [0.2, 0.25) is 11.7 Å². The molecule has 35 heavy (non-hydrogen) atoms. The number of alkyl halides is 1. The van der Waals surface area contributed by atoms with Crippen LogP contribution in [0.2, 0.25) is 0 Å². The maximum Gasteiger partial charge on any atom is 0.253 e. The number of carbonyl (C=O) groups is 1. The van der Waals surface area contributed by atoms with Gasteiger partial charge in [-0.1, -0.05) is 12.1 Å². The molecule has 1 N–H and O–H groups in total. The van der Waals surface area contributed by atoms with Crippen molar-refractivity contribution in [1.29, 1.82) is 0 Å². The van der Waals surface area contributed by atoms with E-state index in [1.54, 1.807) is 25.9 Å². The van der Waals surface area contributed by atoms with E-state index in [0.717, 1.165) is 6.07 Å². The van der Waals surface area contributed by atoms with Crippen LogP contribution in [-0.2, 0) is 0 Å². The average molecular weight is 490 g/mol. The predicted octanol–water partition coefficient (Wildman–Crippen LogP) is 4.04. The standard InChI is InChI=1S/C23H26F3N7O2/c1-13(11-24)19-30-22(35-31-19)14-6-8-33(9-7-14)21-18(26)20(27-12-28-21)29-17-5-4-15(10-16(17)25)23(34)32(2)3/h4-5,10,12-14H,6-9,11H2,1-3H3,(H,27,28,29). The van der Waals surface area contributed by atoms with Gasteiger partial charge in [0.1, 0.15) is 12.1 Å². The van der Waals surface area contributed by atoms with Gasteiger partial charge in [0, 0.05) is 44.6 Å². The van der Waals surface area contributed by atoms with Gasteiger partial charge >= 0.3 is 0 Å². The van der Waals surface area contributed by atoms with Crippen LogP contribution >= 0.6 is 0 Å². The van der Waals surface area contributed by atoms with Crippen LogP contribution in [0.15, 0.2) is 29.0 Å². The third-order valence-electron chi connectivity index (χ3n) is 5.92. The Morgan fingerprint density at radius 2 is 2.00 bits per heavy atom. The Morgan fingerprint density at radius 3 is 2.66 bits per heavy atom. The smallest absolute Gasteiger partial charge is 0.253 e. The molecule has 1 aliphatic heterocycles. The molecule has 186 valence electrons. The van der Waals surface area contributed by atoms with Crippen LogP contribution in [0.1, 0.15) is 53.7 Å². The molecule has 0 radical (unpaired) electrons. The highest BCUT2D eigenvalue weighted by molar-refractivity contribution is 5.94. The molecular formula is C23H26F3N7O2. The average Bonchev–Trinajstić information content (AvgIpc) is 3.36. The highest BCUT2D eigenvalue weighted by Gasteiger charge is 2.29. The second-order valence-corrected chi connectivity index (χ2v) is 8.69. The van der Waals surface area contributed by atoms with Gasteiger partial charge in [-0.25, -0.2) is 14.4 Å². The molecule has 1 aliphatic rings. The van der Waals surface area contributed by atoms with Crippen molar-refractivity contribution in [3.63, 3.8) is 0 Å². The summed E-state index contributed by atoms with van der Waals surface area (Å²) in [4.78, 5) is 27.4. The van der Waals surface area contributed by atoms with Gasteiger partial charge in [-0.2, -0.15) is 9.37 Å². The normalized spacial score (nSPS) is 15.2. The second-order valence-electron chi connectivity index (χ2n) is 8.69. The molecule has 1 unspecified atom stereocenters. The van der Waals surface area contributed by atoms with Gasteiger partial charge in [-0.15, -0.1) is 0 Å². The molecule has 1 aromatic carbocycles. The molecule has 2 aromatic heterocycles. The number of amides is 1. The Labute approximate surface area is 200 Å². The molecule has 1 amide bonds. The number of halogens is 3. The van der Waals surface area contributed by atoms with Gasteiger partial charge in [0.25, 0.3) is 5.91 Å². The maximum atomic E-state index is 15.3. The van der Waals surface area contributed by atoms with E-state index in [1.807, 2.05) is 0 Å². The van der Waals surface area contributed by atoms with E-state index in [4.69, 9.17) is 4.52 Å². The first kappa shape index (κ1) is 24.4. The second kappa shape index (κ2) is 10.3. The monoisotopic (exact) mass is 489 g/mol. The molecule has 3 aromatic rings. The van der Waals surface area contributed by atoms with Crippen molar-refractivity contribution in [2.45, 2.75) is 31.6 Å². The Hall–Kier alpha value is -3.70. The minimum atomic E-state index is -0.712. The number of nitrogens with zero attached hydrogens (tertiary/aromatic N) is 6. The first-order valence-corrected chi connectivity index (χ1v) is 11.2. The number of hydrogen-bond donors (Lipinski definition) is 1. The maximum absolute atomic E-state index is 15.3. The fourth-order valence-corrected chi connectivity index (χ4v) is 3.82. The Bertz CT molecular complexity index is 1200. The fraction of sp³-hybridized carbons (Fsp3) is 0.435. The summed E-state index contributed by atoms with van der Waals surface area (Å²) in [6.07, 6.45) is 2.44. The lowest BCUT2D eigenvalue weighted by atomic mass is 9.96. The highest BCUT2D eigenvalue weighted by Crippen LogP contribution is 2.32. The third kappa shape index (κ3) is 5.20. The van der Waals surface area contributed by atoms with E-state index in [-0.39, 0.29) is 34.7 Å². The number of piperidine rings is 1. The van der Waals surface area contributed by atoms with Crippen LogP contribution in [-0.4, -0.2) is 64.8 Å². The van der Waals surface area contributed by atoms with E-state index >= 15 is 4.39 Å². The van der Waals surface area contributed by atoms with Crippen LogP contribution in [0.25, 0.3) is 0 Å². The molecular weight excluding hydrogens is 463 g/mol. The lowest BCUT2D eigenvalue weighted by Crippen LogP contribution is -2.34. The summed E-state index contributed by atoms with van der Waals surface area (Å²) in [5.74, 6) is -1.49. The van der Waals surface area contributed by atoms with Gasteiger partial charge in [0.05, 0.1) is 12.4 Å². The zero-order chi connectivity index (χ0) is 25.1. The molecule has 1 fully saturated rings. The molecule has 0 spiro atoms. The van der Waals surface area contributed by atoms with E-state index in [9.17, 15) is 13.6 Å². The van der Waals surface area contributed by atoms with Crippen molar-refractivity contribution >= 4 is 23.2 Å². The van der Waals surface area contributed by atoms with Gasteiger partial charge < -0.3 is 19.6 Å². The van der Waals surface area contributed by atoms with Crippen LogP contribution in [0, 0.1) is 11.6 Å². The van der Waals surface area contributed by atoms with Crippen molar-refractivity contribution in [1.82, 2.24) is 25.0 Å². The van der Waals surface area contributed by atoms with Crippen LogP contribution in [0.3, 0.4) is 0 Å². The topological polar surface area (TPSA) is 100 Å². The number of hydrogen-bond acceptors (Lipinski definition) is 8. The van der Waals surface area contributed by atoms with E-state index in [1.165, 1.54) is 23.4 Å². The number of benzene rings is 1. The molecule has 0 saturated carbocycles. The molecule has 1 saturated heterocycles. The summed E-state index contributed by atoms with van der Waals surface area (Å²) < 4.78 is 48.0. The SMILES string of the molecule is CC(CF)c1noc(C2CCN(c3ncnc(Nc4ccc(C(=O)N(C)C)cc4F)c3F)CC2)n1. The largest absolute Gasteiger partial charge is 0.354 e. The quantitative estimate of drug-likeness (QED) is 0.531. The van der Waals surface area contributed by atoms with Crippen molar-refractivity contribution in [2.75, 3.05) is 44.1 Å². The lowest BCUT2D eigenvalue weighted by Gasteiger charge is -2.31. The number of rotatable bonds is 7. The van der Waals surface area contributed by atoms with Crippen LogP contribution in [0.5, 0.6) is 0 Å². The number of anilines is 3. The van der Waals surface area contributed by atoms with Crippen molar-refractivity contribution < 1.29 is 22.5 Å². The number of carbonyl (C=O) groups excluding carboxylic acids is 1. The summed E-state index contributed by atoms with van der Waals surface area (Å²) in [6, 6.07) is 3.91. The summed E-state index contributed by atoms with van der Waals surface area (Å²) in [5, 5.41) is 6.51. The summed E-state index contributed by atoms with van der Waals surface area (Å²) in [5.41, 5.74) is 0.162. The summed E-state index contributed by atoms with van der Waals surface area (Å²) >= 11 is 0. The number of nitrogens with one attached hydrogen (secondary N) is 1. The van der Waals surface area contributed by atoms with Crippen LogP contribution < -0.4 is 10.2 Å². The minimum Gasteiger partial charge on any atom is -0.354 e. The van der Waals surface area contributed by atoms with Crippen molar-refractivity contribution in [3.8, 4) is 0 Å². The zero-order valence-electron chi connectivity index (χ0n) is 19.6. The Balaban J connectivity index is 1.45. The summed E-state index contributed by atoms with van der Waals surface area (Å²) in [6.45, 7) is 2.07. The Kier molecular flexibility index (Phi) is 7.17. The molecule has 0 bridgehead atoms. The predicted molar refractivity (Wildman–Crippen MR) is 123 cm³/mol. The first-order valence-electron chi connectivity index (χ1n) is 11.2. The van der Waals surface area contributed by atoms with Gasteiger partial charge in [-0.3, -0.25) is 9.18 Å².